The van der Waals surface area contributed by atoms with Gasteiger partial charge in [0.1, 0.15) is 4.90 Å². The number of para-hydroxylation sites is 1. The summed E-state index contributed by atoms with van der Waals surface area (Å²) in [4.78, 5) is 0.197. The van der Waals surface area contributed by atoms with E-state index in [0.29, 0.717) is 18.8 Å². The molecule has 28 heavy (non-hydrogen) atoms. The van der Waals surface area contributed by atoms with Gasteiger partial charge in [0.15, 0.2) is 16.1 Å². The Balaban J connectivity index is 1.85. The van der Waals surface area contributed by atoms with E-state index >= 15 is 0 Å². The van der Waals surface area contributed by atoms with Gasteiger partial charge in [-0.1, -0.05) is 24.3 Å². The van der Waals surface area contributed by atoms with Gasteiger partial charge in [-0.3, -0.25) is 0 Å². The monoisotopic (exact) mass is 426 g/mol. The van der Waals surface area contributed by atoms with Crippen LogP contribution in [0.4, 0.5) is 5.69 Å². The molecule has 1 aliphatic heterocycles. The van der Waals surface area contributed by atoms with Crippen LogP contribution in [-0.4, -0.2) is 58.8 Å². The number of ether oxygens (including phenoxy) is 1. The van der Waals surface area contributed by atoms with Crippen LogP contribution in [0.15, 0.2) is 58.3 Å². The molecule has 0 aliphatic carbocycles. The molecule has 1 atom stereocenters. The van der Waals surface area contributed by atoms with E-state index in [2.05, 4.69) is 5.32 Å². The van der Waals surface area contributed by atoms with Gasteiger partial charge in [-0.05, 0) is 24.3 Å². The first kappa shape index (κ1) is 20.7. The van der Waals surface area contributed by atoms with Crippen LogP contribution in [0.3, 0.4) is 0 Å². The van der Waals surface area contributed by atoms with E-state index in [0.717, 1.165) is 6.26 Å². The zero-order valence-electron chi connectivity index (χ0n) is 15.3. The van der Waals surface area contributed by atoms with Gasteiger partial charge in [0.25, 0.3) is 0 Å². The number of anilines is 1. The highest BCUT2D eigenvalue weighted by Gasteiger charge is 2.29. The van der Waals surface area contributed by atoms with E-state index in [-0.39, 0.29) is 28.6 Å². The highest BCUT2D eigenvalue weighted by Crippen LogP contribution is 2.28. The molecule has 10 heteroatoms. The molecule has 1 saturated heterocycles. The summed E-state index contributed by atoms with van der Waals surface area (Å²) in [6.07, 6.45) is -0.113. The molecule has 0 saturated carbocycles. The fraction of sp³-hybridized carbons (Fsp3) is 0.333. The lowest BCUT2D eigenvalue weighted by Gasteiger charge is -2.27. The van der Waals surface area contributed by atoms with Gasteiger partial charge in [-0.15, -0.1) is 0 Å². The fourth-order valence-electron chi connectivity index (χ4n) is 2.86. The summed E-state index contributed by atoms with van der Waals surface area (Å²) in [7, 11) is -7.09. The van der Waals surface area contributed by atoms with Gasteiger partial charge >= 0.3 is 0 Å². The van der Waals surface area contributed by atoms with Gasteiger partial charge in [0.05, 0.1) is 23.8 Å². The van der Waals surface area contributed by atoms with E-state index in [9.17, 15) is 21.9 Å². The second-order valence-electron chi connectivity index (χ2n) is 6.40. The minimum Gasteiger partial charge on any atom is -0.379 e. The molecule has 3 rings (SSSR count). The van der Waals surface area contributed by atoms with Crippen molar-refractivity contribution >= 4 is 25.5 Å². The third-order valence-corrected chi connectivity index (χ3v) is 7.48. The number of aliphatic hydroxyl groups excluding tert-OH is 1. The summed E-state index contributed by atoms with van der Waals surface area (Å²) in [6.45, 7) is 1.21. The number of sulfonamides is 1. The molecular formula is C18H22N2O6S2. The van der Waals surface area contributed by atoms with E-state index in [1.165, 1.54) is 34.6 Å². The number of sulfone groups is 1. The minimum absolute atomic E-state index is 0.0590. The number of morpholine rings is 1. The topological polar surface area (TPSA) is 113 Å². The van der Waals surface area contributed by atoms with Crippen LogP contribution < -0.4 is 5.32 Å². The molecule has 0 amide bonds. The predicted octanol–water partition coefficient (Wildman–Crippen LogP) is 1.21. The highest BCUT2D eigenvalue weighted by molar-refractivity contribution is 7.90. The number of nitrogens with one attached hydrogen (secondary N) is 1. The SMILES string of the molecule is CS(=O)(=O)c1ccc(C(O)Nc2ccccc2S(=O)(=O)N2CCOCC2)cc1. The second-order valence-corrected chi connectivity index (χ2v) is 10.3. The van der Waals surface area contributed by atoms with Crippen LogP contribution in [0.1, 0.15) is 11.8 Å². The number of nitrogens with zero attached hydrogens (tertiary/aromatic N) is 1. The molecule has 2 N–H and O–H groups in total. The molecule has 8 nitrogen and oxygen atoms in total. The van der Waals surface area contributed by atoms with Crippen LogP contribution in [-0.2, 0) is 24.6 Å². The van der Waals surface area contributed by atoms with Crippen LogP contribution in [0.5, 0.6) is 0 Å². The van der Waals surface area contributed by atoms with Crippen molar-refractivity contribution < 1.29 is 26.7 Å². The fourth-order valence-corrected chi connectivity index (χ4v) is 5.06. The highest BCUT2D eigenvalue weighted by atomic mass is 32.2. The molecule has 1 aliphatic rings. The van der Waals surface area contributed by atoms with Crippen LogP contribution in [0, 0.1) is 0 Å². The zero-order valence-corrected chi connectivity index (χ0v) is 16.9. The Hall–Kier alpha value is -1.98. The molecular weight excluding hydrogens is 404 g/mol. The summed E-state index contributed by atoms with van der Waals surface area (Å²) in [5.41, 5.74) is 0.666. The summed E-state index contributed by atoms with van der Waals surface area (Å²) < 4.78 is 55.6. The summed E-state index contributed by atoms with van der Waals surface area (Å²) >= 11 is 0. The van der Waals surface area contributed by atoms with E-state index in [1.54, 1.807) is 18.2 Å². The van der Waals surface area contributed by atoms with Crippen molar-refractivity contribution in [3.8, 4) is 0 Å². The molecule has 2 aromatic carbocycles. The van der Waals surface area contributed by atoms with Crippen molar-refractivity contribution in [1.82, 2.24) is 4.31 Å². The predicted molar refractivity (Wildman–Crippen MR) is 104 cm³/mol. The van der Waals surface area contributed by atoms with Crippen LogP contribution >= 0.6 is 0 Å². The maximum atomic E-state index is 13.0. The van der Waals surface area contributed by atoms with Gasteiger partial charge in [0, 0.05) is 24.9 Å². The third-order valence-electron chi connectivity index (χ3n) is 4.39. The molecule has 1 unspecified atom stereocenters. The number of benzene rings is 2. The van der Waals surface area contributed by atoms with Gasteiger partial charge in [0.2, 0.25) is 10.0 Å². The Morgan fingerprint density at radius 1 is 1.00 bits per heavy atom. The van der Waals surface area contributed by atoms with Crippen molar-refractivity contribution in [3.63, 3.8) is 0 Å². The molecule has 1 heterocycles. The summed E-state index contributed by atoms with van der Waals surface area (Å²) in [5, 5.41) is 13.3. The number of hydrogen-bond acceptors (Lipinski definition) is 7. The second kappa shape index (κ2) is 8.18. The van der Waals surface area contributed by atoms with Crippen molar-refractivity contribution in [1.29, 1.82) is 0 Å². The molecule has 0 bridgehead atoms. The van der Waals surface area contributed by atoms with Gasteiger partial charge in [-0.25, -0.2) is 16.8 Å². The maximum absolute atomic E-state index is 13.0. The largest absolute Gasteiger partial charge is 0.379 e. The molecule has 0 spiro atoms. The Kier molecular flexibility index (Phi) is 6.06. The van der Waals surface area contributed by atoms with Crippen molar-refractivity contribution in [2.45, 2.75) is 16.0 Å². The summed E-state index contributed by atoms with van der Waals surface area (Å²) in [5.74, 6) is 0. The number of hydrogen-bond donors (Lipinski definition) is 2. The maximum Gasteiger partial charge on any atom is 0.245 e. The smallest absolute Gasteiger partial charge is 0.245 e. The Morgan fingerprint density at radius 3 is 2.21 bits per heavy atom. The zero-order chi connectivity index (χ0) is 20.4. The van der Waals surface area contributed by atoms with E-state index < -0.39 is 26.1 Å². The van der Waals surface area contributed by atoms with Crippen molar-refractivity contribution in [3.05, 3.63) is 54.1 Å². The Labute approximate surface area is 164 Å². The standard InChI is InChI=1S/C18H22N2O6S2/c1-27(22,23)15-8-6-14(7-9-15)18(21)19-16-4-2-3-5-17(16)28(24,25)20-10-12-26-13-11-20/h2-9,18-19,21H,10-13H2,1H3. The lowest BCUT2D eigenvalue weighted by atomic mass is 10.2. The van der Waals surface area contributed by atoms with Crippen LogP contribution in [0.25, 0.3) is 0 Å². The lowest BCUT2D eigenvalue weighted by Crippen LogP contribution is -2.40. The number of rotatable bonds is 6. The minimum atomic E-state index is -3.75. The van der Waals surface area contributed by atoms with E-state index in [1.807, 2.05) is 0 Å². The van der Waals surface area contributed by atoms with Crippen molar-refractivity contribution in [2.24, 2.45) is 0 Å². The van der Waals surface area contributed by atoms with E-state index in [4.69, 9.17) is 4.74 Å². The normalized spacial score (nSPS) is 17.2. The van der Waals surface area contributed by atoms with Crippen LogP contribution in [0.2, 0.25) is 0 Å². The average molecular weight is 427 g/mol. The first-order chi connectivity index (χ1) is 13.2. The quantitative estimate of drug-likeness (QED) is 0.668. The molecule has 0 radical (unpaired) electrons. The average Bonchev–Trinajstić information content (AvgIpc) is 2.68. The van der Waals surface area contributed by atoms with Gasteiger partial charge in [-0.2, -0.15) is 4.31 Å². The molecule has 2 aromatic rings. The first-order valence-electron chi connectivity index (χ1n) is 8.61. The Morgan fingerprint density at radius 2 is 1.61 bits per heavy atom. The molecule has 0 aromatic heterocycles. The third kappa shape index (κ3) is 4.53. The lowest BCUT2D eigenvalue weighted by molar-refractivity contribution is 0.0730. The Bertz CT molecular complexity index is 1030. The van der Waals surface area contributed by atoms with Gasteiger partial charge < -0.3 is 15.2 Å². The first-order valence-corrected chi connectivity index (χ1v) is 11.9. The summed E-state index contributed by atoms with van der Waals surface area (Å²) in [6, 6.07) is 12.1. The van der Waals surface area contributed by atoms with Crippen molar-refractivity contribution in [2.75, 3.05) is 37.9 Å². The number of aliphatic hydroxyl groups is 1. The molecule has 152 valence electrons. The molecule has 1 fully saturated rings.